The minimum Gasteiger partial charge on any atom is -0.444 e. The van der Waals surface area contributed by atoms with Gasteiger partial charge in [0, 0.05) is 18.8 Å². The van der Waals surface area contributed by atoms with E-state index in [2.05, 4.69) is 10.4 Å². The molecule has 1 atom stereocenters. The van der Waals surface area contributed by atoms with Crippen molar-refractivity contribution in [2.45, 2.75) is 45.3 Å². The first-order chi connectivity index (χ1) is 8.66. The molecule has 1 amide bonds. The summed E-state index contributed by atoms with van der Waals surface area (Å²) in [4.78, 5) is 11.9. The van der Waals surface area contributed by atoms with E-state index in [4.69, 9.17) is 10.5 Å². The summed E-state index contributed by atoms with van der Waals surface area (Å²) in [6.45, 7) is 7.87. The van der Waals surface area contributed by atoms with Crippen LogP contribution in [0.15, 0.2) is 12.4 Å². The highest BCUT2D eigenvalue weighted by Crippen LogP contribution is 2.24. The van der Waals surface area contributed by atoms with E-state index in [0.29, 0.717) is 13.0 Å². The third-order valence-corrected chi connectivity index (χ3v) is 2.76. The van der Waals surface area contributed by atoms with Crippen molar-refractivity contribution in [1.29, 1.82) is 0 Å². The normalized spacial score (nSPS) is 14.8. The number of aromatic nitrogens is 2. The first-order valence-corrected chi connectivity index (χ1v) is 6.37. The van der Waals surface area contributed by atoms with E-state index in [0.717, 1.165) is 5.56 Å². The Bertz CT molecular complexity index is 436. The van der Waals surface area contributed by atoms with Crippen LogP contribution in [-0.4, -0.2) is 28.0 Å². The number of nitrogens with zero attached hydrogens (tertiary/aromatic N) is 2. The van der Waals surface area contributed by atoms with Crippen LogP contribution in [0.1, 0.15) is 39.7 Å². The third-order valence-electron chi connectivity index (χ3n) is 2.76. The Morgan fingerprint density at radius 3 is 2.53 bits per heavy atom. The van der Waals surface area contributed by atoms with Crippen LogP contribution in [0.25, 0.3) is 0 Å². The summed E-state index contributed by atoms with van der Waals surface area (Å²) in [5.74, 6) is 0. The fourth-order valence-corrected chi connectivity index (χ4v) is 1.80. The van der Waals surface area contributed by atoms with Gasteiger partial charge in [-0.2, -0.15) is 5.10 Å². The average molecular weight is 268 g/mol. The molecule has 0 radical (unpaired) electrons. The summed E-state index contributed by atoms with van der Waals surface area (Å²) >= 11 is 0. The van der Waals surface area contributed by atoms with Crippen LogP contribution in [0.2, 0.25) is 0 Å². The van der Waals surface area contributed by atoms with E-state index in [1.807, 2.05) is 40.9 Å². The first-order valence-electron chi connectivity index (χ1n) is 6.37. The lowest BCUT2D eigenvalue weighted by Crippen LogP contribution is -2.46. The molecule has 6 heteroatoms. The van der Waals surface area contributed by atoms with Crippen LogP contribution >= 0.6 is 0 Å². The molecule has 0 saturated carbocycles. The van der Waals surface area contributed by atoms with Gasteiger partial charge in [0.25, 0.3) is 0 Å². The van der Waals surface area contributed by atoms with Gasteiger partial charge in [0.05, 0.1) is 11.7 Å². The zero-order chi connectivity index (χ0) is 14.7. The van der Waals surface area contributed by atoms with Crippen molar-refractivity contribution in [1.82, 2.24) is 15.1 Å². The van der Waals surface area contributed by atoms with Gasteiger partial charge in [0.1, 0.15) is 5.60 Å². The van der Waals surface area contributed by atoms with Crippen LogP contribution in [-0.2, 0) is 17.3 Å². The molecule has 6 nitrogen and oxygen atoms in total. The van der Waals surface area contributed by atoms with Crippen LogP contribution in [0.4, 0.5) is 4.79 Å². The quantitative estimate of drug-likeness (QED) is 0.867. The Morgan fingerprint density at radius 2 is 2.11 bits per heavy atom. The summed E-state index contributed by atoms with van der Waals surface area (Å²) < 4.78 is 6.99. The van der Waals surface area contributed by atoms with E-state index in [9.17, 15) is 4.79 Å². The minimum atomic E-state index is -0.578. The Morgan fingerprint density at radius 1 is 1.47 bits per heavy atom. The molecule has 1 rings (SSSR count). The number of ether oxygens (including phenoxy) is 1. The first kappa shape index (κ1) is 15.5. The average Bonchev–Trinajstić information content (AvgIpc) is 2.62. The van der Waals surface area contributed by atoms with Gasteiger partial charge in [-0.1, -0.05) is 0 Å². The van der Waals surface area contributed by atoms with Gasteiger partial charge in [-0.25, -0.2) is 4.79 Å². The number of rotatable bonds is 4. The number of hydrogen-bond acceptors (Lipinski definition) is 4. The molecule has 1 heterocycles. The number of aryl methyl sites for hydroxylation is 1. The predicted octanol–water partition coefficient (Wildman–Crippen LogP) is 1.51. The Hall–Kier alpha value is -1.56. The second-order valence-electron chi connectivity index (χ2n) is 5.90. The highest BCUT2D eigenvalue weighted by atomic mass is 16.6. The Kier molecular flexibility index (Phi) is 4.57. The summed E-state index contributed by atoms with van der Waals surface area (Å²) in [5, 5.41) is 7.02. The largest absolute Gasteiger partial charge is 0.444 e. The van der Waals surface area contributed by atoms with Crippen molar-refractivity contribution in [2.24, 2.45) is 12.8 Å². The van der Waals surface area contributed by atoms with Crippen LogP contribution in [0, 0.1) is 0 Å². The van der Waals surface area contributed by atoms with Gasteiger partial charge in [0.15, 0.2) is 0 Å². The molecule has 0 spiro atoms. The zero-order valence-electron chi connectivity index (χ0n) is 12.4. The number of nitrogens with one attached hydrogen (secondary N) is 1. The summed E-state index contributed by atoms with van der Waals surface area (Å²) in [5.41, 5.74) is 5.45. The fourth-order valence-electron chi connectivity index (χ4n) is 1.80. The van der Waals surface area contributed by atoms with Crippen molar-refractivity contribution in [2.75, 3.05) is 6.54 Å². The van der Waals surface area contributed by atoms with Gasteiger partial charge in [-0.3, -0.25) is 4.68 Å². The maximum atomic E-state index is 11.9. The predicted molar refractivity (Wildman–Crippen MR) is 73.6 cm³/mol. The molecule has 108 valence electrons. The van der Waals surface area contributed by atoms with Crippen molar-refractivity contribution < 1.29 is 9.53 Å². The Labute approximate surface area is 114 Å². The standard InChI is InChI=1S/C13H24N4O2/c1-12(2,3)19-11(18)16-13(4,6-7-14)10-8-15-17(5)9-10/h8-9H,6-7,14H2,1-5H3,(H,16,18). The van der Waals surface area contributed by atoms with Gasteiger partial charge >= 0.3 is 6.09 Å². The summed E-state index contributed by atoms with van der Waals surface area (Å²) in [6.07, 6.45) is 3.75. The van der Waals surface area contributed by atoms with Crippen LogP contribution < -0.4 is 11.1 Å². The second-order valence-corrected chi connectivity index (χ2v) is 5.90. The van der Waals surface area contributed by atoms with Gasteiger partial charge < -0.3 is 15.8 Å². The molecule has 3 N–H and O–H groups in total. The lowest BCUT2D eigenvalue weighted by Gasteiger charge is -2.31. The molecule has 0 bridgehead atoms. The molecule has 0 aromatic carbocycles. The lowest BCUT2D eigenvalue weighted by molar-refractivity contribution is 0.0457. The molecule has 19 heavy (non-hydrogen) atoms. The minimum absolute atomic E-state index is 0.452. The SMILES string of the molecule is Cn1cc(C(C)(CCN)NC(=O)OC(C)(C)C)cn1. The highest BCUT2D eigenvalue weighted by molar-refractivity contribution is 5.69. The number of hydrogen-bond donors (Lipinski definition) is 2. The molecule has 0 aliphatic carbocycles. The maximum absolute atomic E-state index is 11.9. The van der Waals surface area contributed by atoms with E-state index in [1.165, 1.54) is 0 Å². The molecule has 1 aromatic heterocycles. The van der Waals surface area contributed by atoms with Crippen LogP contribution in [0.5, 0.6) is 0 Å². The van der Waals surface area contributed by atoms with E-state index >= 15 is 0 Å². The van der Waals surface area contributed by atoms with Gasteiger partial charge in [-0.05, 0) is 40.7 Å². The highest BCUT2D eigenvalue weighted by Gasteiger charge is 2.31. The Balaban J connectivity index is 2.85. The van der Waals surface area contributed by atoms with E-state index < -0.39 is 17.2 Å². The maximum Gasteiger partial charge on any atom is 0.408 e. The van der Waals surface area contributed by atoms with Crippen molar-refractivity contribution >= 4 is 6.09 Å². The topological polar surface area (TPSA) is 82.2 Å². The van der Waals surface area contributed by atoms with Crippen molar-refractivity contribution in [3.05, 3.63) is 18.0 Å². The fraction of sp³-hybridized carbons (Fsp3) is 0.692. The smallest absolute Gasteiger partial charge is 0.408 e. The molecule has 1 aromatic rings. The molecule has 0 aliphatic heterocycles. The number of carbonyl (C=O) groups is 1. The number of amides is 1. The molecule has 0 fully saturated rings. The van der Waals surface area contributed by atoms with Crippen LogP contribution in [0.3, 0.4) is 0 Å². The monoisotopic (exact) mass is 268 g/mol. The molecular formula is C13H24N4O2. The summed E-state index contributed by atoms with van der Waals surface area (Å²) in [6, 6.07) is 0. The van der Waals surface area contributed by atoms with Crippen molar-refractivity contribution in [3.63, 3.8) is 0 Å². The number of nitrogens with two attached hydrogens (primary N) is 1. The van der Waals surface area contributed by atoms with Crippen molar-refractivity contribution in [3.8, 4) is 0 Å². The molecule has 0 aliphatic rings. The summed E-state index contributed by atoms with van der Waals surface area (Å²) in [7, 11) is 1.83. The third kappa shape index (κ3) is 4.55. The molecule has 0 saturated heterocycles. The van der Waals surface area contributed by atoms with E-state index in [1.54, 1.807) is 10.9 Å². The molecular weight excluding hydrogens is 244 g/mol. The zero-order valence-corrected chi connectivity index (χ0v) is 12.4. The number of alkyl carbamates (subject to hydrolysis) is 1. The second kappa shape index (κ2) is 5.61. The van der Waals surface area contributed by atoms with Gasteiger partial charge in [0.2, 0.25) is 0 Å². The number of carbonyl (C=O) groups excluding carboxylic acids is 1. The van der Waals surface area contributed by atoms with Gasteiger partial charge in [-0.15, -0.1) is 0 Å². The molecule has 1 unspecified atom stereocenters. The lowest BCUT2D eigenvalue weighted by atomic mass is 9.91. The van der Waals surface area contributed by atoms with E-state index in [-0.39, 0.29) is 0 Å².